The molecule has 1 rings (SSSR count). The zero-order valence-corrected chi connectivity index (χ0v) is 13.9. The topological polar surface area (TPSA) is 38.3 Å². The van der Waals surface area contributed by atoms with Crippen LogP contribution in [0.1, 0.15) is 17.3 Å². The highest BCUT2D eigenvalue weighted by Crippen LogP contribution is 2.18. The number of rotatable bonds is 6. The Morgan fingerprint density at radius 1 is 1.56 bits per heavy atom. The SMILES string of the molecule is C=C(C)COCCNC(=O)c1cc(Br)ccc1I. The second-order valence-corrected chi connectivity index (χ2v) is 5.97. The van der Waals surface area contributed by atoms with E-state index in [2.05, 4.69) is 50.4 Å². The second kappa shape index (κ2) is 7.91. The van der Waals surface area contributed by atoms with Crippen LogP contribution in [-0.4, -0.2) is 25.7 Å². The van der Waals surface area contributed by atoms with E-state index in [9.17, 15) is 4.79 Å². The molecule has 3 nitrogen and oxygen atoms in total. The van der Waals surface area contributed by atoms with Crippen molar-refractivity contribution >= 4 is 44.4 Å². The predicted octanol–water partition coefficient (Wildman–Crippen LogP) is 3.38. The van der Waals surface area contributed by atoms with E-state index in [1.54, 1.807) is 0 Å². The second-order valence-electron chi connectivity index (χ2n) is 3.89. The maximum atomic E-state index is 11.9. The van der Waals surface area contributed by atoms with Crippen molar-refractivity contribution in [2.75, 3.05) is 19.8 Å². The highest BCUT2D eigenvalue weighted by Gasteiger charge is 2.09. The molecule has 0 aliphatic rings. The lowest BCUT2D eigenvalue weighted by molar-refractivity contribution is 0.0926. The first-order valence-electron chi connectivity index (χ1n) is 5.46. The first-order chi connectivity index (χ1) is 8.50. The Kier molecular flexibility index (Phi) is 6.88. The molecule has 5 heteroatoms. The summed E-state index contributed by atoms with van der Waals surface area (Å²) in [7, 11) is 0. The first kappa shape index (κ1) is 15.7. The molecule has 0 aliphatic heterocycles. The number of benzene rings is 1. The van der Waals surface area contributed by atoms with Crippen molar-refractivity contribution in [3.63, 3.8) is 0 Å². The van der Waals surface area contributed by atoms with E-state index in [4.69, 9.17) is 4.74 Å². The number of halogens is 2. The summed E-state index contributed by atoms with van der Waals surface area (Å²) in [4.78, 5) is 11.9. The fraction of sp³-hybridized carbons (Fsp3) is 0.308. The molecule has 0 radical (unpaired) electrons. The largest absolute Gasteiger partial charge is 0.375 e. The quantitative estimate of drug-likeness (QED) is 0.432. The molecule has 0 aliphatic carbocycles. The minimum absolute atomic E-state index is 0.0837. The molecule has 1 N–H and O–H groups in total. The summed E-state index contributed by atoms with van der Waals surface area (Å²) in [5, 5.41) is 2.82. The Morgan fingerprint density at radius 2 is 2.28 bits per heavy atom. The van der Waals surface area contributed by atoms with E-state index in [1.165, 1.54) is 0 Å². The molecule has 0 heterocycles. The summed E-state index contributed by atoms with van der Waals surface area (Å²) in [6.45, 7) is 7.16. The zero-order chi connectivity index (χ0) is 13.5. The van der Waals surface area contributed by atoms with Crippen LogP contribution in [0.15, 0.2) is 34.8 Å². The maximum Gasteiger partial charge on any atom is 0.252 e. The Morgan fingerprint density at radius 3 is 2.94 bits per heavy atom. The highest BCUT2D eigenvalue weighted by molar-refractivity contribution is 14.1. The Hall–Kier alpha value is -0.400. The molecule has 0 fully saturated rings. The average molecular weight is 424 g/mol. The van der Waals surface area contributed by atoms with Gasteiger partial charge in [-0.05, 0) is 47.7 Å². The van der Waals surface area contributed by atoms with Crippen LogP contribution >= 0.6 is 38.5 Å². The van der Waals surface area contributed by atoms with Gasteiger partial charge in [-0.15, -0.1) is 0 Å². The Labute approximate surface area is 129 Å². The Balaban J connectivity index is 2.41. The fourth-order valence-corrected chi connectivity index (χ4v) is 2.19. The van der Waals surface area contributed by atoms with Crippen molar-refractivity contribution in [2.45, 2.75) is 6.92 Å². The molecular weight excluding hydrogens is 409 g/mol. The molecule has 0 saturated carbocycles. The average Bonchev–Trinajstić information content (AvgIpc) is 2.31. The molecule has 1 aromatic rings. The van der Waals surface area contributed by atoms with Gasteiger partial charge in [0.05, 0.1) is 18.8 Å². The lowest BCUT2D eigenvalue weighted by Crippen LogP contribution is -2.28. The standard InChI is InChI=1S/C13H15BrINO2/c1-9(2)8-18-6-5-16-13(17)11-7-10(14)3-4-12(11)15/h3-4,7H,1,5-6,8H2,2H3,(H,16,17). The van der Waals surface area contributed by atoms with Gasteiger partial charge in [-0.2, -0.15) is 0 Å². The van der Waals surface area contributed by atoms with Gasteiger partial charge in [-0.3, -0.25) is 4.79 Å². The van der Waals surface area contributed by atoms with Gasteiger partial charge in [-0.25, -0.2) is 0 Å². The van der Waals surface area contributed by atoms with Gasteiger partial charge >= 0.3 is 0 Å². The molecule has 18 heavy (non-hydrogen) atoms. The van der Waals surface area contributed by atoms with Gasteiger partial charge in [0, 0.05) is 14.6 Å². The third-order valence-electron chi connectivity index (χ3n) is 2.05. The van der Waals surface area contributed by atoms with Crippen LogP contribution in [0.5, 0.6) is 0 Å². The van der Waals surface area contributed by atoms with Crippen LogP contribution in [0.3, 0.4) is 0 Å². The lowest BCUT2D eigenvalue weighted by Gasteiger charge is -2.08. The van der Waals surface area contributed by atoms with E-state index in [-0.39, 0.29) is 5.91 Å². The first-order valence-corrected chi connectivity index (χ1v) is 7.33. The molecule has 98 valence electrons. The van der Waals surface area contributed by atoms with Crippen LogP contribution in [0.25, 0.3) is 0 Å². The van der Waals surface area contributed by atoms with Crippen molar-refractivity contribution in [1.29, 1.82) is 0 Å². The minimum atomic E-state index is -0.0837. The third-order valence-corrected chi connectivity index (χ3v) is 3.49. The van der Waals surface area contributed by atoms with Gasteiger partial charge in [0.15, 0.2) is 0 Å². The van der Waals surface area contributed by atoms with Gasteiger partial charge in [0.25, 0.3) is 5.91 Å². The van der Waals surface area contributed by atoms with Crippen LogP contribution < -0.4 is 5.32 Å². The molecule has 0 aromatic heterocycles. The van der Waals surface area contributed by atoms with Crippen molar-refractivity contribution in [3.8, 4) is 0 Å². The van der Waals surface area contributed by atoms with E-state index in [1.807, 2.05) is 25.1 Å². The van der Waals surface area contributed by atoms with E-state index in [0.717, 1.165) is 13.6 Å². The van der Waals surface area contributed by atoms with Crippen LogP contribution in [0, 0.1) is 3.57 Å². The smallest absolute Gasteiger partial charge is 0.252 e. The summed E-state index contributed by atoms with van der Waals surface area (Å²) >= 11 is 5.50. The zero-order valence-electron chi connectivity index (χ0n) is 10.1. The predicted molar refractivity (Wildman–Crippen MR) is 84.8 cm³/mol. The summed E-state index contributed by atoms with van der Waals surface area (Å²) in [5.41, 5.74) is 1.65. The van der Waals surface area contributed by atoms with Crippen molar-refractivity contribution in [2.24, 2.45) is 0 Å². The monoisotopic (exact) mass is 423 g/mol. The van der Waals surface area contributed by atoms with Gasteiger partial charge in [0.2, 0.25) is 0 Å². The number of ether oxygens (including phenoxy) is 1. The molecule has 0 bridgehead atoms. The number of carbonyl (C=O) groups is 1. The number of amides is 1. The summed E-state index contributed by atoms with van der Waals surface area (Å²) in [6.07, 6.45) is 0. The molecule has 0 unspecified atom stereocenters. The number of hydrogen-bond donors (Lipinski definition) is 1. The van der Waals surface area contributed by atoms with Gasteiger partial charge < -0.3 is 10.1 Å². The van der Waals surface area contributed by atoms with Crippen molar-refractivity contribution in [3.05, 3.63) is 44.0 Å². The van der Waals surface area contributed by atoms with E-state index in [0.29, 0.717) is 25.3 Å². The molecule has 0 spiro atoms. The maximum absolute atomic E-state index is 11.9. The lowest BCUT2D eigenvalue weighted by atomic mass is 10.2. The van der Waals surface area contributed by atoms with Crippen molar-refractivity contribution in [1.82, 2.24) is 5.32 Å². The minimum Gasteiger partial charge on any atom is -0.375 e. The van der Waals surface area contributed by atoms with Crippen molar-refractivity contribution < 1.29 is 9.53 Å². The number of nitrogens with one attached hydrogen (secondary N) is 1. The van der Waals surface area contributed by atoms with Gasteiger partial charge in [0.1, 0.15) is 0 Å². The Bertz CT molecular complexity index is 449. The molecule has 1 amide bonds. The molecule has 0 atom stereocenters. The van der Waals surface area contributed by atoms with Crippen LogP contribution in [0.2, 0.25) is 0 Å². The fourth-order valence-electron chi connectivity index (χ4n) is 1.25. The van der Waals surface area contributed by atoms with E-state index < -0.39 is 0 Å². The summed E-state index contributed by atoms with van der Waals surface area (Å²) < 4.78 is 7.13. The number of hydrogen-bond acceptors (Lipinski definition) is 2. The molecule has 0 saturated heterocycles. The number of carbonyl (C=O) groups excluding carboxylic acids is 1. The third kappa shape index (κ3) is 5.49. The van der Waals surface area contributed by atoms with Crippen LogP contribution in [-0.2, 0) is 4.74 Å². The summed E-state index contributed by atoms with van der Waals surface area (Å²) in [5.74, 6) is -0.0837. The molecular formula is C13H15BrINO2. The normalized spacial score (nSPS) is 10.2. The molecule has 1 aromatic carbocycles. The summed E-state index contributed by atoms with van der Waals surface area (Å²) in [6, 6.07) is 5.62. The van der Waals surface area contributed by atoms with E-state index >= 15 is 0 Å². The van der Waals surface area contributed by atoms with Crippen LogP contribution in [0.4, 0.5) is 0 Å². The van der Waals surface area contributed by atoms with Gasteiger partial charge in [-0.1, -0.05) is 28.1 Å². The highest BCUT2D eigenvalue weighted by atomic mass is 127.